The van der Waals surface area contributed by atoms with E-state index in [-0.39, 0.29) is 13.0 Å². The van der Waals surface area contributed by atoms with Crippen molar-refractivity contribution >= 4 is 12.1 Å². The maximum atomic E-state index is 11.4. The summed E-state index contributed by atoms with van der Waals surface area (Å²) in [4.78, 5) is 22.2. The van der Waals surface area contributed by atoms with Gasteiger partial charge in [-0.15, -0.1) is 0 Å². The minimum atomic E-state index is -0.993. The zero-order valence-corrected chi connectivity index (χ0v) is 9.83. The summed E-state index contributed by atoms with van der Waals surface area (Å²) >= 11 is 0. The number of aliphatic carboxylic acids is 1. The monoisotopic (exact) mass is 249 g/mol. The summed E-state index contributed by atoms with van der Waals surface area (Å²) in [6, 6.07) is 8.27. The van der Waals surface area contributed by atoms with Crippen LogP contribution >= 0.6 is 0 Å². The number of benzene rings is 1. The van der Waals surface area contributed by atoms with Gasteiger partial charge in [0.05, 0.1) is 12.5 Å². The fourth-order valence-corrected chi connectivity index (χ4v) is 1.43. The minimum Gasteiger partial charge on any atom is -0.481 e. The second-order valence-corrected chi connectivity index (χ2v) is 3.59. The predicted molar refractivity (Wildman–Crippen MR) is 66.1 cm³/mol. The second kappa shape index (κ2) is 7.11. The van der Waals surface area contributed by atoms with E-state index in [2.05, 4.69) is 11.9 Å². The molecule has 1 rings (SSSR count). The van der Waals surface area contributed by atoms with Crippen LogP contribution in [0.4, 0.5) is 4.79 Å². The summed E-state index contributed by atoms with van der Waals surface area (Å²) in [5, 5.41) is 11.3. The zero-order chi connectivity index (χ0) is 13.4. The van der Waals surface area contributed by atoms with Crippen molar-refractivity contribution in [3.05, 3.63) is 48.6 Å². The van der Waals surface area contributed by atoms with Gasteiger partial charge in [-0.1, -0.05) is 43.0 Å². The van der Waals surface area contributed by atoms with E-state index < -0.39 is 18.1 Å². The molecule has 1 atom stereocenters. The first-order chi connectivity index (χ1) is 8.63. The lowest BCUT2D eigenvalue weighted by molar-refractivity contribution is -0.137. The number of carbonyl (C=O) groups excluding carboxylic acids is 1. The van der Waals surface area contributed by atoms with E-state index in [1.807, 2.05) is 6.07 Å². The Bertz CT molecular complexity index is 416. The van der Waals surface area contributed by atoms with Crippen molar-refractivity contribution in [2.75, 3.05) is 6.61 Å². The molecule has 0 saturated carbocycles. The van der Waals surface area contributed by atoms with Crippen LogP contribution in [0.25, 0.3) is 0 Å². The fraction of sp³-hybridized carbons (Fsp3) is 0.231. The average Bonchev–Trinajstić information content (AvgIpc) is 2.36. The molecule has 0 bridgehead atoms. The Morgan fingerprint density at radius 2 is 2.06 bits per heavy atom. The molecule has 0 radical (unpaired) electrons. The number of rotatable bonds is 6. The van der Waals surface area contributed by atoms with Gasteiger partial charge < -0.3 is 15.2 Å². The number of carboxylic acid groups (broad SMARTS) is 1. The molecule has 1 aromatic carbocycles. The quantitative estimate of drug-likeness (QED) is 0.757. The Labute approximate surface area is 105 Å². The van der Waals surface area contributed by atoms with E-state index in [9.17, 15) is 9.59 Å². The molecule has 0 fully saturated rings. The van der Waals surface area contributed by atoms with Gasteiger partial charge in [-0.05, 0) is 5.56 Å². The molecule has 96 valence electrons. The molecule has 5 heteroatoms. The van der Waals surface area contributed by atoms with Gasteiger partial charge in [0, 0.05) is 0 Å². The van der Waals surface area contributed by atoms with Gasteiger partial charge in [-0.25, -0.2) is 4.79 Å². The van der Waals surface area contributed by atoms with Gasteiger partial charge in [0.15, 0.2) is 0 Å². The molecule has 0 aliphatic heterocycles. The summed E-state index contributed by atoms with van der Waals surface area (Å²) < 4.78 is 4.76. The van der Waals surface area contributed by atoms with Crippen molar-refractivity contribution in [1.29, 1.82) is 0 Å². The van der Waals surface area contributed by atoms with E-state index in [0.29, 0.717) is 0 Å². The van der Waals surface area contributed by atoms with Gasteiger partial charge >= 0.3 is 12.1 Å². The molecule has 0 heterocycles. The molecule has 0 unspecified atom stereocenters. The Morgan fingerprint density at radius 1 is 1.39 bits per heavy atom. The van der Waals surface area contributed by atoms with Crippen LogP contribution in [0.5, 0.6) is 0 Å². The van der Waals surface area contributed by atoms with Crippen LogP contribution in [0.3, 0.4) is 0 Å². The van der Waals surface area contributed by atoms with Crippen LogP contribution < -0.4 is 5.32 Å². The van der Waals surface area contributed by atoms with E-state index >= 15 is 0 Å². The van der Waals surface area contributed by atoms with Crippen LogP contribution in [0.2, 0.25) is 0 Å². The van der Waals surface area contributed by atoms with Crippen molar-refractivity contribution in [3.63, 3.8) is 0 Å². The van der Waals surface area contributed by atoms with E-state index in [0.717, 1.165) is 5.56 Å². The van der Waals surface area contributed by atoms with Gasteiger partial charge in [0.25, 0.3) is 0 Å². The lowest BCUT2D eigenvalue weighted by Crippen LogP contribution is -2.30. The summed E-state index contributed by atoms with van der Waals surface area (Å²) in [5.41, 5.74) is 0.718. The third kappa shape index (κ3) is 4.69. The molecule has 1 aromatic rings. The lowest BCUT2D eigenvalue weighted by Gasteiger charge is -2.16. The smallest absolute Gasteiger partial charge is 0.407 e. The SMILES string of the molecule is C=CCOC(=O)N[C@@H](CC(=O)O)c1ccccc1. The van der Waals surface area contributed by atoms with Crippen molar-refractivity contribution in [3.8, 4) is 0 Å². The fourth-order valence-electron chi connectivity index (χ4n) is 1.43. The van der Waals surface area contributed by atoms with Gasteiger partial charge in [0.1, 0.15) is 6.61 Å². The van der Waals surface area contributed by atoms with Crippen molar-refractivity contribution < 1.29 is 19.4 Å². The molecule has 0 aromatic heterocycles. The zero-order valence-electron chi connectivity index (χ0n) is 9.83. The predicted octanol–water partition coefficient (Wildman–Crippen LogP) is 2.11. The summed E-state index contributed by atoms with van der Waals surface area (Å²) in [5.74, 6) is -0.993. The van der Waals surface area contributed by atoms with Crippen LogP contribution in [0.1, 0.15) is 18.0 Å². The molecule has 5 nitrogen and oxygen atoms in total. The summed E-state index contributed by atoms with van der Waals surface area (Å²) in [7, 11) is 0. The standard InChI is InChI=1S/C13H15NO4/c1-2-8-18-13(17)14-11(9-12(15)16)10-6-4-3-5-7-10/h2-7,11H,1,8-9H2,(H,14,17)(H,15,16)/t11-/m0/s1. The molecule has 18 heavy (non-hydrogen) atoms. The summed E-state index contributed by atoms with van der Waals surface area (Å²) in [6.45, 7) is 3.50. The third-order valence-electron chi connectivity index (χ3n) is 2.21. The highest BCUT2D eigenvalue weighted by molar-refractivity contribution is 5.72. The van der Waals surface area contributed by atoms with Gasteiger partial charge in [-0.2, -0.15) is 0 Å². The van der Waals surface area contributed by atoms with Crippen molar-refractivity contribution in [2.45, 2.75) is 12.5 Å². The first kappa shape index (κ1) is 13.8. The molecular formula is C13H15NO4. The number of amides is 1. The summed E-state index contributed by atoms with van der Waals surface area (Å²) in [6.07, 6.45) is 0.576. The van der Waals surface area contributed by atoms with Crippen molar-refractivity contribution in [1.82, 2.24) is 5.32 Å². The number of hydrogen-bond acceptors (Lipinski definition) is 3. The maximum Gasteiger partial charge on any atom is 0.407 e. The van der Waals surface area contributed by atoms with Crippen LogP contribution in [0, 0.1) is 0 Å². The van der Waals surface area contributed by atoms with E-state index in [1.165, 1.54) is 6.08 Å². The Hall–Kier alpha value is -2.30. The van der Waals surface area contributed by atoms with Crippen molar-refractivity contribution in [2.24, 2.45) is 0 Å². The molecule has 0 spiro atoms. The first-order valence-electron chi connectivity index (χ1n) is 5.44. The second-order valence-electron chi connectivity index (χ2n) is 3.59. The van der Waals surface area contributed by atoms with Gasteiger partial charge in [-0.3, -0.25) is 4.79 Å². The number of hydrogen-bond donors (Lipinski definition) is 2. The molecular weight excluding hydrogens is 234 g/mol. The lowest BCUT2D eigenvalue weighted by atomic mass is 10.0. The van der Waals surface area contributed by atoms with Gasteiger partial charge in [0.2, 0.25) is 0 Å². The number of nitrogens with one attached hydrogen (secondary N) is 1. The first-order valence-corrected chi connectivity index (χ1v) is 5.44. The van der Waals surface area contributed by atoms with E-state index in [1.54, 1.807) is 24.3 Å². The molecule has 0 aliphatic rings. The Morgan fingerprint density at radius 3 is 2.61 bits per heavy atom. The number of carbonyl (C=O) groups is 2. The Balaban J connectivity index is 2.70. The third-order valence-corrected chi connectivity index (χ3v) is 2.21. The maximum absolute atomic E-state index is 11.4. The molecule has 0 saturated heterocycles. The number of ether oxygens (including phenoxy) is 1. The minimum absolute atomic E-state index is 0.0837. The van der Waals surface area contributed by atoms with Crippen LogP contribution in [-0.2, 0) is 9.53 Å². The Kier molecular flexibility index (Phi) is 5.44. The topological polar surface area (TPSA) is 75.6 Å². The normalized spacial score (nSPS) is 11.3. The number of alkyl carbamates (subject to hydrolysis) is 1. The highest BCUT2D eigenvalue weighted by Crippen LogP contribution is 2.16. The molecule has 2 N–H and O–H groups in total. The average molecular weight is 249 g/mol. The molecule has 0 aliphatic carbocycles. The number of carboxylic acids is 1. The highest BCUT2D eigenvalue weighted by Gasteiger charge is 2.18. The largest absolute Gasteiger partial charge is 0.481 e. The van der Waals surface area contributed by atoms with Crippen LogP contribution in [0.15, 0.2) is 43.0 Å². The highest BCUT2D eigenvalue weighted by atomic mass is 16.5. The van der Waals surface area contributed by atoms with Crippen LogP contribution in [-0.4, -0.2) is 23.8 Å². The molecule has 1 amide bonds. The van der Waals surface area contributed by atoms with E-state index in [4.69, 9.17) is 9.84 Å².